The minimum absolute atomic E-state index is 0.112. The number of aliphatic carboxylic acids is 1. The normalized spacial score (nSPS) is 14.6. The first-order chi connectivity index (χ1) is 20.5. The number of fused-ring (bicyclic) bond motifs is 1. The summed E-state index contributed by atoms with van der Waals surface area (Å²) in [7, 11) is 0. The zero-order chi connectivity index (χ0) is 31.9. The number of nitrogens with zero attached hydrogens (tertiary/aromatic N) is 1. The quantitative estimate of drug-likeness (QED) is 0.0586. The van der Waals surface area contributed by atoms with E-state index in [-0.39, 0.29) is 37.7 Å². The molecule has 0 bridgehead atoms. The fraction of sp³-hybridized carbons (Fsp3) is 0.552. The Morgan fingerprint density at radius 1 is 0.953 bits per heavy atom. The van der Waals surface area contributed by atoms with Crippen LogP contribution in [0.5, 0.6) is 0 Å². The number of nitrogens with one attached hydrogen (secondary N) is 4. The Bertz CT molecular complexity index is 1240. The van der Waals surface area contributed by atoms with Gasteiger partial charge in [0.15, 0.2) is 5.96 Å². The number of para-hydroxylation sites is 1. The molecule has 14 nitrogen and oxygen atoms in total. The Balaban J connectivity index is 2.16. The molecule has 1 heterocycles. The van der Waals surface area contributed by atoms with Crippen molar-refractivity contribution in [3.8, 4) is 0 Å². The van der Waals surface area contributed by atoms with E-state index in [1.54, 1.807) is 6.92 Å². The van der Waals surface area contributed by atoms with Crippen molar-refractivity contribution in [1.82, 2.24) is 20.9 Å². The van der Waals surface area contributed by atoms with Crippen LogP contribution in [-0.4, -0.2) is 77.0 Å². The zero-order valence-electron chi connectivity index (χ0n) is 25.0. The summed E-state index contributed by atoms with van der Waals surface area (Å²) in [5, 5.41) is 18.6. The highest BCUT2D eigenvalue weighted by molar-refractivity contribution is 5.94. The van der Waals surface area contributed by atoms with Gasteiger partial charge in [0.25, 0.3) is 0 Å². The van der Waals surface area contributed by atoms with Gasteiger partial charge in [-0.15, -0.1) is 0 Å². The van der Waals surface area contributed by atoms with E-state index in [9.17, 15) is 24.3 Å². The number of carbonyl (C=O) groups excluding carboxylic acids is 3. The van der Waals surface area contributed by atoms with Crippen LogP contribution < -0.4 is 38.9 Å². The number of hydrogen-bond acceptors (Lipinski definition) is 7. The van der Waals surface area contributed by atoms with Crippen LogP contribution in [0, 0.1) is 5.92 Å². The number of aromatic nitrogens is 1. The van der Waals surface area contributed by atoms with Crippen molar-refractivity contribution in [3.63, 3.8) is 0 Å². The molecule has 5 unspecified atom stereocenters. The number of aromatic amines is 1. The number of rotatable bonds is 19. The van der Waals surface area contributed by atoms with Gasteiger partial charge < -0.3 is 49.0 Å². The average molecular weight is 602 g/mol. The molecule has 0 saturated heterocycles. The second-order valence-corrected chi connectivity index (χ2v) is 10.7. The van der Waals surface area contributed by atoms with Crippen molar-refractivity contribution >= 4 is 40.6 Å². The van der Waals surface area contributed by atoms with E-state index < -0.39 is 47.9 Å². The highest BCUT2D eigenvalue weighted by Crippen LogP contribution is 2.19. The molecule has 2 rings (SSSR count). The molecule has 0 saturated carbocycles. The summed E-state index contributed by atoms with van der Waals surface area (Å²) < 4.78 is 0. The van der Waals surface area contributed by atoms with Gasteiger partial charge in [-0.2, -0.15) is 0 Å². The molecular formula is C29H47N9O5. The van der Waals surface area contributed by atoms with Crippen molar-refractivity contribution in [2.24, 2.45) is 33.8 Å². The van der Waals surface area contributed by atoms with Crippen LogP contribution in [0.2, 0.25) is 0 Å². The van der Waals surface area contributed by atoms with Gasteiger partial charge in [-0.25, -0.2) is 4.79 Å². The van der Waals surface area contributed by atoms with E-state index in [1.807, 2.05) is 37.4 Å². The molecule has 0 aliphatic heterocycles. The Morgan fingerprint density at radius 3 is 2.28 bits per heavy atom. The van der Waals surface area contributed by atoms with Gasteiger partial charge in [-0.3, -0.25) is 19.4 Å². The number of nitrogens with two attached hydrogens (primary N) is 4. The molecule has 0 spiro atoms. The molecule has 238 valence electrons. The Kier molecular flexibility index (Phi) is 14.4. The maximum Gasteiger partial charge on any atom is 0.326 e. The molecule has 0 aliphatic carbocycles. The molecule has 3 amide bonds. The largest absolute Gasteiger partial charge is 0.480 e. The molecule has 13 N–H and O–H groups in total. The number of benzene rings is 1. The molecule has 43 heavy (non-hydrogen) atoms. The van der Waals surface area contributed by atoms with Crippen LogP contribution in [-0.2, 0) is 25.6 Å². The summed E-state index contributed by atoms with van der Waals surface area (Å²) in [4.78, 5) is 58.8. The Hall–Kier alpha value is -4.17. The predicted octanol–water partition coefficient (Wildman–Crippen LogP) is -0.195. The van der Waals surface area contributed by atoms with Crippen molar-refractivity contribution in [3.05, 3.63) is 36.0 Å². The first-order valence-electron chi connectivity index (χ1n) is 14.7. The maximum atomic E-state index is 13.5. The van der Waals surface area contributed by atoms with Crippen molar-refractivity contribution in [2.45, 2.75) is 83.0 Å². The van der Waals surface area contributed by atoms with Gasteiger partial charge >= 0.3 is 5.97 Å². The summed E-state index contributed by atoms with van der Waals surface area (Å²) in [5.74, 6) is -3.35. The van der Waals surface area contributed by atoms with Crippen LogP contribution in [0.4, 0.5) is 0 Å². The number of carboxylic acids is 1. The SMILES string of the molecule is CCC(C)C(NC(=O)C(N)Cc1c[nH]c2ccccc12)C(=O)NC(CCCN=C(N)N)C(=O)NC(CCCCN)C(=O)O. The van der Waals surface area contributed by atoms with E-state index in [2.05, 4.69) is 25.9 Å². The van der Waals surface area contributed by atoms with Crippen LogP contribution >= 0.6 is 0 Å². The number of guanidine groups is 1. The average Bonchev–Trinajstić information content (AvgIpc) is 3.38. The number of carbonyl (C=O) groups is 4. The topological polar surface area (TPSA) is 257 Å². The number of hydrogen-bond donors (Lipinski definition) is 9. The highest BCUT2D eigenvalue weighted by Gasteiger charge is 2.32. The van der Waals surface area contributed by atoms with Crippen molar-refractivity contribution < 1.29 is 24.3 Å². The molecular weight excluding hydrogens is 554 g/mol. The molecule has 14 heteroatoms. The molecule has 5 atom stereocenters. The zero-order valence-corrected chi connectivity index (χ0v) is 25.0. The third-order valence-electron chi connectivity index (χ3n) is 7.38. The van der Waals surface area contributed by atoms with E-state index in [0.29, 0.717) is 32.2 Å². The van der Waals surface area contributed by atoms with Gasteiger partial charge in [0.05, 0.1) is 6.04 Å². The number of carboxylic acid groups (broad SMARTS) is 1. The number of aliphatic imine (C=N–C) groups is 1. The first-order valence-corrected chi connectivity index (χ1v) is 14.7. The molecule has 0 aliphatic rings. The third kappa shape index (κ3) is 11.2. The summed E-state index contributed by atoms with van der Waals surface area (Å²) >= 11 is 0. The highest BCUT2D eigenvalue weighted by atomic mass is 16.4. The molecule has 1 aromatic carbocycles. The fourth-order valence-electron chi connectivity index (χ4n) is 4.65. The first kappa shape index (κ1) is 35.0. The Morgan fingerprint density at radius 2 is 1.63 bits per heavy atom. The minimum atomic E-state index is -1.19. The maximum absolute atomic E-state index is 13.5. The van der Waals surface area contributed by atoms with E-state index in [4.69, 9.17) is 22.9 Å². The minimum Gasteiger partial charge on any atom is -0.480 e. The van der Waals surface area contributed by atoms with E-state index in [0.717, 1.165) is 16.5 Å². The standard InChI is InChI=1S/C29H47N9O5/c1-3-17(2)24(38-25(39)20(31)15-18-16-35-21-10-5-4-9-19(18)21)27(41)36-22(12-8-14-34-29(32)33)26(40)37-23(28(42)43)11-6-7-13-30/h4-5,9-10,16-17,20,22-24,35H,3,6-8,11-15,30-31H2,1-2H3,(H,36,41)(H,37,40)(H,38,39)(H,42,43)(H4,32,33,34). The summed E-state index contributed by atoms with van der Waals surface area (Å²) in [6.07, 6.45) is 4.38. The smallest absolute Gasteiger partial charge is 0.326 e. The summed E-state index contributed by atoms with van der Waals surface area (Å²) in [6, 6.07) is 3.51. The molecule has 0 radical (unpaired) electrons. The monoisotopic (exact) mass is 601 g/mol. The lowest BCUT2D eigenvalue weighted by Gasteiger charge is -2.28. The molecule has 1 aromatic heterocycles. The van der Waals surface area contributed by atoms with Crippen LogP contribution in [0.1, 0.15) is 57.9 Å². The predicted molar refractivity (Wildman–Crippen MR) is 166 cm³/mol. The Labute approximate surface area is 251 Å². The molecule has 0 fully saturated rings. The second-order valence-electron chi connectivity index (χ2n) is 10.7. The van der Waals surface area contributed by atoms with Gasteiger partial charge in [-0.05, 0) is 62.6 Å². The fourth-order valence-corrected chi connectivity index (χ4v) is 4.65. The summed E-state index contributed by atoms with van der Waals surface area (Å²) in [6.45, 7) is 4.29. The summed E-state index contributed by atoms with van der Waals surface area (Å²) in [5.41, 5.74) is 24.3. The van der Waals surface area contributed by atoms with Crippen molar-refractivity contribution in [2.75, 3.05) is 13.1 Å². The van der Waals surface area contributed by atoms with Gasteiger partial charge in [0.2, 0.25) is 17.7 Å². The lowest BCUT2D eigenvalue weighted by molar-refractivity contribution is -0.142. The van der Waals surface area contributed by atoms with Crippen LogP contribution in [0.25, 0.3) is 10.9 Å². The lowest BCUT2D eigenvalue weighted by atomic mass is 9.96. The van der Waals surface area contributed by atoms with E-state index >= 15 is 0 Å². The van der Waals surface area contributed by atoms with E-state index in [1.165, 1.54) is 0 Å². The second kappa shape index (κ2) is 17.7. The van der Waals surface area contributed by atoms with Gasteiger partial charge in [0, 0.05) is 23.6 Å². The number of amides is 3. The third-order valence-corrected chi connectivity index (χ3v) is 7.38. The molecule has 2 aromatic rings. The number of unbranched alkanes of at least 4 members (excludes halogenated alkanes) is 1. The van der Waals surface area contributed by atoms with Crippen LogP contribution in [0.15, 0.2) is 35.5 Å². The number of H-pyrrole nitrogens is 1. The van der Waals surface area contributed by atoms with Gasteiger partial charge in [0.1, 0.15) is 18.1 Å². The van der Waals surface area contributed by atoms with Crippen molar-refractivity contribution in [1.29, 1.82) is 0 Å². The lowest BCUT2D eigenvalue weighted by Crippen LogP contribution is -2.58. The van der Waals surface area contributed by atoms with Gasteiger partial charge in [-0.1, -0.05) is 38.5 Å². The van der Waals surface area contributed by atoms with Crippen LogP contribution in [0.3, 0.4) is 0 Å².